The quantitative estimate of drug-likeness (QED) is 0.353. The number of carbonyl (C=O) groups is 4. The van der Waals surface area contributed by atoms with Gasteiger partial charge in [0.25, 0.3) is 0 Å². The Hall–Kier alpha value is -2.83. The molecule has 3 unspecified atom stereocenters. The molecule has 1 aliphatic heterocycles. The molecule has 1 aromatic rings. The number of rotatable bonds is 3. The molecule has 3 atom stereocenters. The summed E-state index contributed by atoms with van der Waals surface area (Å²) in [5.41, 5.74) is 0.323. The first kappa shape index (κ1) is 17.6. The van der Waals surface area contributed by atoms with Gasteiger partial charge in [-0.2, -0.15) is 0 Å². The number of likely N-dealkylation sites (tertiary alicyclic amines) is 1. The van der Waals surface area contributed by atoms with Gasteiger partial charge in [-0.3, -0.25) is 19.3 Å². The second-order valence-electron chi connectivity index (χ2n) is 7.26. The lowest BCUT2D eigenvalue weighted by atomic mass is 9.85. The molecule has 2 amide bonds. The summed E-state index contributed by atoms with van der Waals surface area (Å²) in [4.78, 5) is 50.3. The summed E-state index contributed by atoms with van der Waals surface area (Å²) in [6, 6.07) is 2.39. The van der Waals surface area contributed by atoms with E-state index < -0.39 is 30.2 Å². The summed E-state index contributed by atoms with van der Waals surface area (Å²) in [6.07, 6.45) is 4.85. The molecule has 1 fully saturated rings. The minimum absolute atomic E-state index is 0.0241. The van der Waals surface area contributed by atoms with E-state index in [0.717, 1.165) is 11.0 Å². The molecule has 0 radical (unpaired) electrons. The zero-order valence-corrected chi connectivity index (χ0v) is 14.7. The number of halogens is 1. The van der Waals surface area contributed by atoms with Gasteiger partial charge in [-0.05, 0) is 30.9 Å². The zero-order chi connectivity index (χ0) is 19.3. The fourth-order valence-corrected chi connectivity index (χ4v) is 4.22. The summed E-state index contributed by atoms with van der Waals surface area (Å²) in [7, 11) is 0. The Morgan fingerprint density at radius 2 is 1.78 bits per heavy atom. The van der Waals surface area contributed by atoms with Crippen LogP contribution >= 0.6 is 0 Å². The van der Waals surface area contributed by atoms with Gasteiger partial charge in [0.2, 0.25) is 11.8 Å². The Bertz CT molecular complexity index is 880. The summed E-state index contributed by atoms with van der Waals surface area (Å²) in [5.74, 6) is -3.53. The van der Waals surface area contributed by atoms with E-state index in [1.54, 1.807) is 6.92 Å². The minimum atomic E-state index is -0.829. The molecule has 6 nitrogen and oxygen atoms in total. The predicted octanol–water partition coefficient (Wildman–Crippen LogP) is 2.37. The summed E-state index contributed by atoms with van der Waals surface area (Å²) >= 11 is 0. The van der Waals surface area contributed by atoms with Crippen LogP contribution in [0.25, 0.3) is 0 Å². The topological polar surface area (TPSA) is 80.8 Å². The van der Waals surface area contributed by atoms with E-state index in [1.807, 2.05) is 12.2 Å². The van der Waals surface area contributed by atoms with Gasteiger partial charge < -0.3 is 4.74 Å². The first-order chi connectivity index (χ1) is 12.9. The van der Waals surface area contributed by atoms with Crippen LogP contribution in [0.4, 0.5) is 4.39 Å². The zero-order valence-electron chi connectivity index (χ0n) is 14.7. The number of amides is 2. The van der Waals surface area contributed by atoms with Crippen molar-refractivity contribution in [3.05, 3.63) is 41.2 Å². The smallest absolute Gasteiger partial charge is 0.331 e. The normalized spacial score (nSPS) is 26.4. The van der Waals surface area contributed by atoms with Crippen molar-refractivity contribution in [3.63, 3.8) is 0 Å². The number of nitrogens with zero attached hydrogens (tertiary/aromatic N) is 1. The number of esters is 1. The SMILES string of the molecule is CC1CC(=O)c2c(OC(=O)CN3C(=O)C4CC=CCC4C3=O)ccc(F)c21. The van der Waals surface area contributed by atoms with Crippen molar-refractivity contribution in [1.82, 2.24) is 4.90 Å². The number of ether oxygens (including phenoxy) is 1. The molecule has 0 aromatic heterocycles. The highest BCUT2D eigenvalue weighted by Gasteiger charge is 2.48. The van der Waals surface area contributed by atoms with Crippen molar-refractivity contribution in [2.24, 2.45) is 11.8 Å². The lowest BCUT2D eigenvalue weighted by molar-refractivity contribution is -0.148. The first-order valence-corrected chi connectivity index (χ1v) is 8.95. The number of carbonyl (C=O) groups excluding carboxylic acids is 4. The molecule has 7 heteroatoms. The number of ketones is 1. The van der Waals surface area contributed by atoms with E-state index >= 15 is 0 Å². The third kappa shape index (κ3) is 2.78. The average molecular weight is 371 g/mol. The van der Waals surface area contributed by atoms with Crippen molar-refractivity contribution in [2.45, 2.75) is 32.1 Å². The van der Waals surface area contributed by atoms with Crippen LogP contribution in [-0.2, 0) is 14.4 Å². The fraction of sp³-hybridized carbons (Fsp3) is 0.400. The number of benzene rings is 1. The number of hydrogen-bond donors (Lipinski definition) is 0. The second kappa shape index (κ2) is 6.40. The lowest BCUT2D eigenvalue weighted by Crippen LogP contribution is -2.37. The number of hydrogen-bond acceptors (Lipinski definition) is 5. The summed E-state index contributed by atoms with van der Waals surface area (Å²) in [5, 5.41) is 0. The van der Waals surface area contributed by atoms with E-state index in [0.29, 0.717) is 12.8 Å². The van der Waals surface area contributed by atoms with Crippen LogP contribution in [0.2, 0.25) is 0 Å². The van der Waals surface area contributed by atoms with Gasteiger partial charge in [0.1, 0.15) is 18.1 Å². The van der Waals surface area contributed by atoms with E-state index in [1.165, 1.54) is 6.07 Å². The van der Waals surface area contributed by atoms with Gasteiger partial charge in [-0.25, -0.2) is 9.18 Å². The Morgan fingerprint density at radius 3 is 2.41 bits per heavy atom. The Labute approximate surface area is 155 Å². The van der Waals surface area contributed by atoms with Crippen LogP contribution in [0.3, 0.4) is 0 Å². The Morgan fingerprint density at radius 1 is 1.15 bits per heavy atom. The molecule has 1 heterocycles. The van der Waals surface area contributed by atoms with Gasteiger partial charge in [-0.1, -0.05) is 19.1 Å². The highest BCUT2D eigenvalue weighted by atomic mass is 19.1. The third-order valence-electron chi connectivity index (χ3n) is 5.53. The molecule has 140 valence electrons. The molecule has 4 rings (SSSR count). The van der Waals surface area contributed by atoms with Gasteiger partial charge in [0.05, 0.1) is 17.4 Å². The number of Topliss-reactive ketones (excluding diaryl/α,β-unsaturated/α-hetero) is 1. The van der Waals surface area contributed by atoms with E-state index in [9.17, 15) is 23.6 Å². The molecule has 2 aliphatic carbocycles. The molecule has 0 bridgehead atoms. The third-order valence-corrected chi connectivity index (χ3v) is 5.53. The van der Waals surface area contributed by atoms with Crippen LogP contribution in [0.5, 0.6) is 5.75 Å². The van der Waals surface area contributed by atoms with Crippen LogP contribution in [0.15, 0.2) is 24.3 Å². The first-order valence-electron chi connectivity index (χ1n) is 8.95. The Balaban J connectivity index is 1.52. The van der Waals surface area contributed by atoms with E-state index in [2.05, 4.69) is 0 Å². The van der Waals surface area contributed by atoms with Crippen LogP contribution < -0.4 is 4.74 Å². The molecule has 1 aromatic carbocycles. The van der Waals surface area contributed by atoms with Gasteiger partial charge in [0.15, 0.2) is 5.78 Å². The van der Waals surface area contributed by atoms with Crippen molar-refractivity contribution in [3.8, 4) is 5.75 Å². The minimum Gasteiger partial charge on any atom is -0.424 e. The molecular formula is C20H18FNO5. The van der Waals surface area contributed by atoms with Crippen LogP contribution in [0.1, 0.15) is 48.0 Å². The van der Waals surface area contributed by atoms with Gasteiger partial charge in [-0.15, -0.1) is 0 Å². The molecular weight excluding hydrogens is 353 g/mol. The molecule has 1 saturated heterocycles. The van der Waals surface area contributed by atoms with E-state index in [4.69, 9.17) is 4.74 Å². The highest BCUT2D eigenvalue weighted by molar-refractivity contribution is 6.08. The monoisotopic (exact) mass is 371 g/mol. The van der Waals surface area contributed by atoms with Crippen molar-refractivity contribution in [2.75, 3.05) is 6.54 Å². The van der Waals surface area contributed by atoms with Crippen LogP contribution in [0, 0.1) is 17.7 Å². The lowest BCUT2D eigenvalue weighted by Gasteiger charge is -2.15. The summed E-state index contributed by atoms with van der Waals surface area (Å²) < 4.78 is 19.3. The molecule has 0 spiro atoms. The number of fused-ring (bicyclic) bond motifs is 2. The summed E-state index contributed by atoms with van der Waals surface area (Å²) in [6.45, 7) is 1.22. The maximum absolute atomic E-state index is 14.0. The fourth-order valence-electron chi connectivity index (χ4n) is 4.22. The maximum Gasteiger partial charge on any atom is 0.331 e. The molecule has 27 heavy (non-hydrogen) atoms. The molecule has 0 N–H and O–H groups in total. The molecule has 3 aliphatic rings. The average Bonchev–Trinajstić information content (AvgIpc) is 3.07. The number of allylic oxidation sites excluding steroid dienone is 2. The van der Waals surface area contributed by atoms with Gasteiger partial charge >= 0.3 is 5.97 Å². The van der Waals surface area contributed by atoms with Crippen molar-refractivity contribution in [1.29, 1.82) is 0 Å². The largest absolute Gasteiger partial charge is 0.424 e. The van der Waals surface area contributed by atoms with Crippen LogP contribution in [-0.4, -0.2) is 35.0 Å². The standard InChI is InChI=1S/C20H18FNO5/c1-10-8-14(23)18-15(7-6-13(21)17(10)18)27-16(24)9-22-19(25)11-4-2-3-5-12(11)20(22)26/h2-3,6-7,10-12H,4-5,8-9H2,1H3. The second-order valence-corrected chi connectivity index (χ2v) is 7.26. The predicted molar refractivity (Wildman–Crippen MR) is 91.5 cm³/mol. The van der Waals surface area contributed by atoms with Crippen molar-refractivity contribution >= 4 is 23.6 Å². The van der Waals surface area contributed by atoms with Crippen molar-refractivity contribution < 1.29 is 28.3 Å². The van der Waals surface area contributed by atoms with E-state index in [-0.39, 0.29) is 46.8 Å². The Kier molecular flexibility index (Phi) is 4.17. The molecule has 0 saturated carbocycles. The number of imide groups is 1. The van der Waals surface area contributed by atoms with Gasteiger partial charge in [0, 0.05) is 12.0 Å². The highest BCUT2D eigenvalue weighted by Crippen LogP contribution is 2.40. The maximum atomic E-state index is 14.0.